The van der Waals surface area contributed by atoms with Crippen LogP contribution in [0.2, 0.25) is 0 Å². The van der Waals surface area contributed by atoms with Crippen molar-refractivity contribution in [2.75, 3.05) is 12.0 Å². The molecule has 0 unspecified atom stereocenters. The molecule has 0 aliphatic carbocycles. The number of carbonyl (C=O) groups excluding carboxylic acids is 2. The number of hydrogen-bond acceptors (Lipinski definition) is 4. The average molecular weight is 301 g/mol. The Kier molecular flexibility index (Phi) is 4.55. The first-order valence-corrected chi connectivity index (χ1v) is 6.91. The van der Waals surface area contributed by atoms with Crippen molar-refractivity contribution < 1.29 is 9.59 Å². The van der Waals surface area contributed by atoms with Gasteiger partial charge in [-0.2, -0.15) is 4.79 Å². The van der Waals surface area contributed by atoms with Gasteiger partial charge in [0, 0.05) is 5.56 Å². The number of aromatic nitrogens is 3. The molecule has 0 aliphatic rings. The summed E-state index contributed by atoms with van der Waals surface area (Å²) in [6.45, 7) is 6.18. The standard InChI is InChI=1S/C15H19N5O2/c1-15(2,3)12-6-4-11(5-7-12)14(22)16-10-13(21)18-20-9-8-17-19-20/h4-9H,10H2,1-3H3,(H,16,22)(H,18,21). The fraction of sp³-hybridized carbons (Fsp3) is 0.333. The number of benzene rings is 1. The number of nitrogens with one attached hydrogen (secondary N) is 2. The number of carbonyl (C=O) groups is 2. The van der Waals surface area contributed by atoms with Crippen LogP contribution in [0.1, 0.15) is 36.7 Å². The lowest BCUT2D eigenvalue weighted by Gasteiger charge is -2.19. The maximum Gasteiger partial charge on any atom is 0.259 e. The highest BCUT2D eigenvalue weighted by Crippen LogP contribution is 2.22. The zero-order valence-corrected chi connectivity index (χ0v) is 12.8. The minimum Gasteiger partial charge on any atom is -0.343 e. The topological polar surface area (TPSA) is 88.9 Å². The highest BCUT2D eigenvalue weighted by Gasteiger charge is 2.14. The SMILES string of the molecule is CC(C)(C)c1ccc(C(=O)NCC(=O)Nn2ccnn2)cc1. The Bertz CT molecular complexity index is 642. The summed E-state index contributed by atoms with van der Waals surface area (Å²) in [5, 5.41) is 9.71. The van der Waals surface area contributed by atoms with Crippen LogP contribution in [0.3, 0.4) is 0 Å². The summed E-state index contributed by atoms with van der Waals surface area (Å²) in [5.74, 6) is -0.681. The Morgan fingerprint density at radius 2 is 1.86 bits per heavy atom. The minimum atomic E-state index is -0.384. The molecule has 1 heterocycles. The smallest absolute Gasteiger partial charge is 0.259 e. The molecule has 0 saturated heterocycles. The molecule has 7 heteroatoms. The van der Waals surface area contributed by atoms with Crippen LogP contribution < -0.4 is 10.7 Å². The molecule has 2 rings (SSSR count). The molecule has 2 N–H and O–H groups in total. The van der Waals surface area contributed by atoms with Gasteiger partial charge in [0.15, 0.2) is 0 Å². The van der Waals surface area contributed by atoms with E-state index in [0.29, 0.717) is 5.56 Å². The molecule has 0 bridgehead atoms. The number of nitrogens with zero attached hydrogens (tertiary/aromatic N) is 3. The fourth-order valence-electron chi connectivity index (χ4n) is 1.82. The Morgan fingerprint density at radius 3 is 2.41 bits per heavy atom. The van der Waals surface area contributed by atoms with Crippen molar-refractivity contribution in [1.82, 2.24) is 20.4 Å². The van der Waals surface area contributed by atoms with Crippen LogP contribution in [0.4, 0.5) is 0 Å². The molecule has 7 nitrogen and oxygen atoms in total. The quantitative estimate of drug-likeness (QED) is 0.884. The predicted octanol–water partition coefficient (Wildman–Crippen LogP) is 1.08. The van der Waals surface area contributed by atoms with Crippen LogP contribution >= 0.6 is 0 Å². The molecule has 0 saturated carbocycles. The van der Waals surface area contributed by atoms with Crippen LogP contribution in [0.25, 0.3) is 0 Å². The molecule has 0 aliphatic heterocycles. The van der Waals surface area contributed by atoms with Gasteiger partial charge < -0.3 is 5.32 Å². The Hall–Kier alpha value is -2.70. The van der Waals surface area contributed by atoms with Crippen molar-refractivity contribution >= 4 is 11.8 Å². The molecular formula is C15H19N5O2. The van der Waals surface area contributed by atoms with Gasteiger partial charge in [0.25, 0.3) is 11.8 Å². The molecular weight excluding hydrogens is 282 g/mol. The fourth-order valence-corrected chi connectivity index (χ4v) is 1.82. The summed E-state index contributed by atoms with van der Waals surface area (Å²) in [7, 11) is 0. The van der Waals surface area contributed by atoms with E-state index < -0.39 is 0 Å². The third-order valence-electron chi connectivity index (χ3n) is 3.08. The van der Waals surface area contributed by atoms with Crippen molar-refractivity contribution in [3.8, 4) is 0 Å². The predicted molar refractivity (Wildman–Crippen MR) is 81.9 cm³/mol. The van der Waals surface area contributed by atoms with Gasteiger partial charge in [-0.1, -0.05) is 32.9 Å². The van der Waals surface area contributed by atoms with Crippen LogP contribution in [-0.2, 0) is 10.2 Å². The van der Waals surface area contributed by atoms with Crippen LogP contribution in [0.5, 0.6) is 0 Å². The summed E-state index contributed by atoms with van der Waals surface area (Å²) >= 11 is 0. The summed E-state index contributed by atoms with van der Waals surface area (Å²) < 4.78 is 0. The van der Waals surface area contributed by atoms with E-state index in [1.807, 2.05) is 12.1 Å². The maximum absolute atomic E-state index is 12.0. The second kappa shape index (κ2) is 6.38. The highest BCUT2D eigenvalue weighted by molar-refractivity contribution is 5.97. The first-order valence-electron chi connectivity index (χ1n) is 6.91. The molecule has 2 aromatic rings. The normalized spacial score (nSPS) is 11.0. The molecule has 116 valence electrons. The van der Waals surface area contributed by atoms with Crippen molar-refractivity contribution in [3.05, 3.63) is 47.8 Å². The van der Waals surface area contributed by atoms with Crippen LogP contribution in [0.15, 0.2) is 36.7 Å². The van der Waals surface area contributed by atoms with E-state index in [9.17, 15) is 9.59 Å². The molecule has 1 aromatic carbocycles. The van der Waals surface area contributed by atoms with E-state index >= 15 is 0 Å². The van der Waals surface area contributed by atoms with E-state index in [0.717, 1.165) is 5.56 Å². The second-order valence-electron chi connectivity index (χ2n) is 5.89. The highest BCUT2D eigenvalue weighted by atomic mass is 16.2. The van der Waals surface area contributed by atoms with Crippen molar-refractivity contribution in [3.63, 3.8) is 0 Å². The van der Waals surface area contributed by atoms with Gasteiger partial charge in [-0.15, -0.1) is 5.10 Å². The van der Waals surface area contributed by atoms with E-state index in [1.165, 1.54) is 17.2 Å². The summed E-state index contributed by atoms with van der Waals surface area (Å²) in [6.07, 6.45) is 2.93. The van der Waals surface area contributed by atoms with E-state index in [2.05, 4.69) is 41.8 Å². The maximum atomic E-state index is 12.0. The van der Waals surface area contributed by atoms with E-state index in [1.54, 1.807) is 12.1 Å². The Balaban J connectivity index is 1.88. The molecule has 1 aromatic heterocycles. The zero-order valence-electron chi connectivity index (χ0n) is 12.8. The molecule has 0 radical (unpaired) electrons. The van der Waals surface area contributed by atoms with Crippen LogP contribution in [-0.4, -0.2) is 33.5 Å². The van der Waals surface area contributed by atoms with E-state index in [-0.39, 0.29) is 23.8 Å². The van der Waals surface area contributed by atoms with Gasteiger partial charge in [-0.05, 0) is 28.3 Å². The zero-order chi connectivity index (χ0) is 16.2. The van der Waals surface area contributed by atoms with Crippen molar-refractivity contribution in [2.24, 2.45) is 0 Å². The van der Waals surface area contributed by atoms with E-state index in [4.69, 9.17) is 0 Å². The minimum absolute atomic E-state index is 0.0344. The largest absolute Gasteiger partial charge is 0.343 e. The summed E-state index contributed by atoms with van der Waals surface area (Å²) in [4.78, 5) is 24.8. The number of rotatable bonds is 4. The molecule has 0 spiro atoms. The first kappa shape index (κ1) is 15.7. The lowest BCUT2D eigenvalue weighted by atomic mass is 9.87. The second-order valence-corrected chi connectivity index (χ2v) is 5.89. The van der Waals surface area contributed by atoms with Gasteiger partial charge in [0.2, 0.25) is 0 Å². The van der Waals surface area contributed by atoms with Crippen molar-refractivity contribution in [1.29, 1.82) is 0 Å². The molecule has 2 amide bonds. The molecule has 0 fully saturated rings. The van der Waals surface area contributed by atoms with Crippen LogP contribution in [0, 0.1) is 0 Å². The third-order valence-corrected chi connectivity index (χ3v) is 3.08. The summed E-state index contributed by atoms with van der Waals surface area (Å²) in [6, 6.07) is 7.35. The average Bonchev–Trinajstić information content (AvgIpc) is 2.97. The summed E-state index contributed by atoms with van der Waals surface area (Å²) in [5.41, 5.74) is 4.14. The first-order chi connectivity index (χ1) is 10.4. The third kappa shape index (κ3) is 4.15. The Labute approximate surface area is 128 Å². The van der Waals surface area contributed by atoms with Crippen molar-refractivity contribution in [2.45, 2.75) is 26.2 Å². The van der Waals surface area contributed by atoms with Gasteiger partial charge in [0.05, 0.1) is 18.9 Å². The van der Waals surface area contributed by atoms with Gasteiger partial charge >= 0.3 is 0 Å². The number of hydrogen-bond donors (Lipinski definition) is 2. The number of amides is 2. The monoisotopic (exact) mass is 301 g/mol. The van der Waals surface area contributed by atoms with Gasteiger partial charge in [-0.25, -0.2) is 5.43 Å². The lowest BCUT2D eigenvalue weighted by molar-refractivity contribution is -0.116. The molecule has 0 atom stereocenters. The van der Waals surface area contributed by atoms with Gasteiger partial charge in [-0.3, -0.25) is 9.59 Å². The molecule has 22 heavy (non-hydrogen) atoms. The lowest BCUT2D eigenvalue weighted by Crippen LogP contribution is -2.36. The van der Waals surface area contributed by atoms with Gasteiger partial charge in [0.1, 0.15) is 0 Å². The Morgan fingerprint density at radius 1 is 1.18 bits per heavy atom.